The van der Waals surface area contributed by atoms with Gasteiger partial charge in [-0.15, -0.1) is 24.0 Å². The Balaban J connectivity index is 0.00000364. The lowest BCUT2D eigenvalue weighted by Gasteiger charge is -2.18. The third-order valence-corrected chi connectivity index (χ3v) is 4.52. The van der Waals surface area contributed by atoms with Crippen molar-refractivity contribution in [1.29, 1.82) is 0 Å². The minimum Gasteiger partial charge on any atom is -0.356 e. The Morgan fingerprint density at radius 3 is 2.67 bits per heavy atom. The van der Waals surface area contributed by atoms with E-state index in [1.165, 1.54) is 0 Å². The van der Waals surface area contributed by atoms with Gasteiger partial charge in [-0.05, 0) is 49.5 Å². The maximum atomic E-state index is 13.2. The molecule has 1 atom stereocenters. The SMILES string of the molecule is CCCN1CCC(CNC(=NC)NCc2ccc(F)cc2C(F)(F)F)C1.I. The molecule has 1 aliphatic heterocycles. The van der Waals surface area contributed by atoms with Crippen molar-refractivity contribution in [1.82, 2.24) is 15.5 Å². The van der Waals surface area contributed by atoms with Crippen LogP contribution in [0.3, 0.4) is 0 Å². The predicted molar refractivity (Wildman–Crippen MR) is 110 cm³/mol. The lowest BCUT2D eigenvalue weighted by atomic mass is 10.1. The lowest BCUT2D eigenvalue weighted by molar-refractivity contribution is -0.138. The first-order valence-corrected chi connectivity index (χ1v) is 8.86. The van der Waals surface area contributed by atoms with Crippen LogP contribution in [0.25, 0.3) is 0 Å². The highest BCUT2D eigenvalue weighted by Crippen LogP contribution is 2.32. The highest BCUT2D eigenvalue weighted by Gasteiger charge is 2.33. The van der Waals surface area contributed by atoms with Gasteiger partial charge in [-0.1, -0.05) is 13.0 Å². The monoisotopic (exact) mass is 502 g/mol. The molecule has 1 heterocycles. The standard InChI is InChI=1S/C18H26F4N4.HI/c1-3-7-26-8-6-13(12-26)10-24-17(23-2)25-11-14-4-5-15(19)9-16(14)18(20,21)22;/h4-5,9,13H,3,6-8,10-12H2,1-2H3,(H2,23,24,25);1H. The Morgan fingerprint density at radius 1 is 1.30 bits per heavy atom. The minimum atomic E-state index is -4.59. The number of nitrogens with zero attached hydrogens (tertiary/aromatic N) is 2. The number of guanidine groups is 1. The molecule has 0 aromatic heterocycles. The van der Waals surface area contributed by atoms with E-state index in [2.05, 4.69) is 27.4 Å². The number of aliphatic imine (C=N–C) groups is 1. The predicted octanol–water partition coefficient (Wildman–Crippen LogP) is 3.86. The summed E-state index contributed by atoms with van der Waals surface area (Å²) in [6.07, 6.45) is -2.37. The van der Waals surface area contributed by atoms with Gasteiger partial charge in [0, 0.05) is 26.7 Å². The van der Waals surface area contributed by atoms with Crippen molar-refractivity contribution >= 4 is 29.9 Å². The molecule has 154 valence electrons. The van der Waals surface area contributed by atoms with E-state index in [4.69, 9.17) is 0 Å². The van der Waals surface area contributed by atoms with Gasteiger partial charge >= 0.3 is 6.18 Å². The smallest absolute Gasteiger partial charge is 0.356 e. The number of likely N-dealkylation sites (tertiary alicyclic amines) is 1. The molecule has 1 aliphatic rings. The van der Waals surface area contributed by atoms with Crippen molar-refractivity contribution in [2.45, 2.75) is 32.5 Å². The highest BCUT2D eigenvalue weighted by molar-refractivity contribution is 14.0. The van der Waals surface area contributed by atoms with Gasteiger partial charge in [-0.3, -0.25) is 4.99 Å². The van der Waals surface area contributed by atoms with E-state index in [-0.39, 0.29) is 36.1 Å². The molecule has 1 saturated heterocycles. The number of alkyl halides is 3. The third kappa shape index (κ3) is 7.44. The first-order valence-electron chi connectivity index (χ1n) is 8.86. The fraction of sp³-hybridized carbons (Fsp3) is 0.611. The van der Waals surface area contributed by atoms with E-state index in [0.717, 1.165) is 51.2 Å². The number of hydrogen-bond acceptors (Lipinski definition) is 2. The van der Waals surface area contributed by atoms with Crippen LogP contribution in [0.1, 0.15) is 30.9 Å². The molecule has 0 saturated carbocycles. The molecule has 4 nitrogen and oxygen atoms in total. The van der Waals surface area contributed by atoms with Crippen molar-refractivity contribution in [3.63, 3.8) is 0 Å². The second-order valence-electron chi connectivity index (χ2n) is 6.56. The normalized spacial score (nSPS) is 18.3. The molecule has 9 heteroatoms. The molecule has 2 N–H and O–H groups in total. The summed E-state index contributed by atoms with van der Waals surface area (Å²) in [6.45, 7) is 5.98. The molecule has 0 bridgehead atoms. The minimum absolute atomic E-state index is 0. The molecule has 1 unspecified atom stereocenters. The van der Waals surface area contributed by atoms with Crippen molar-refractivity contribution in [2.75, 3.05) is 33.2 Å². The quantitative estimate of drug-likeness (QED) is 0.269. The van der Waals surface area contributed by atoms with Gasteiger partial charge < -0.3 is 15.5 Å². The second kappa shape index (κ2) is 11.0. The molecule has 1 aromatic carbocycles. The van der Waals surface area contributed by atoms with Gasteiger partial charge in [0.25, 0.3) is 0 Å². The van der Waals surface area contributed by atoms with E-state index < -0.39 is 17.6 Å². The fourth-order valence-electron chi connectivity index (χ4n) is 3.21. The Morgan fingerprint density at radius 2 is 2.04 bits per heavy atom. The number of benzene rings is 1. The van der Waals surface area contributed by atoms with Crippen LogP contribution in [0.4, 0.5) is 17.6 Å². The summed E-state index contributed by atoms with van der Waals surface area (Å²) in [4.78, 5) is 6.47. The van der Waals surface area contributed by atoms with Crippen molar-refractivity contribution in [2.24, 2.45) is 10.9 Å². The number of nitrogens with one attached hydrogen (secondary N) is 2. The van der Waals surface area contributed by atoms with E-state index in [1.807, 2.05) is 0 Å². The zero-order valence-corrected chi connectivity index (χ0v) is 17.9. The largest absolute Gasteiger partial charge is 0.416 e. The van der Waals surface area contributed by atoms with Gasteiger partial charge in [0.15, 0.2) is 5.96 Å². The summed E-state index contributed by atoms with van der Waals surface area (Å²) >= 11 is 0. The van der Waals surface area contributed by atoms with E-state index in [0.29, 0.717) is 17.9 Å². The summed E-state index contributed by atoms with van der Waals surface area (Å²) in [6, 6.07) is 2.70. The van der Waals surface area contributed by atoms with Gasteiger partial charge in [-0.2, -0.15) is 13.2 Å². The Kier molecular flexibility index (Phi) is 9.78. The van der Waals surface area contributed by atoms with Crippen molar-refractivity contribution in [3.8, 4) is 0 Å². The molecular weight excluding hydrogens is 475 g/mol. The summed E-state index contributed by atoms with van der Waals surface area (Å²) in [5.74, 6) is 0.0366. The Bertz CT molecular complexity index is 622. The van der Waals surface area contributed by atoms with E-state index in [1.54, 1.807) is 7.05 Å². The summed E-state index contributed by atoms with van der Waals surface area (Å²) in [5, 5.41) is 6.05. The van der Waals surface area contributed by atoms with Crippen LogP contribution in [0.15, 0.2) is 23.2 Å². The van der Waals surface area contributed by atoms with Crippen LogP contribution in [0.2, 0.25) is 0 Å². The molecular formula is C18H27F4IN4. The lowest BCUT2D eigenvalue weighted by Crippen LogP contribution is -2.40. The first kappa shape index (κ1) is 23.9. The van der Waals surface area contributed by atoms with Crippen LogP contribution in [-0.4, -0.2) is 44.1 Å². The highest BCUT2D eigenvalue weighted by atomic mass is 127. The van der Waals surface area contributed by atoms with E-state index >= 15 is 0 Å². The number of rotatable bonds is 6. The summed E-state index contributed by atoms with van der Waals surface area (Å²) in [5.41, 5.74) is -0.983. The van der Waals surface area contributed by atoms with Crippen molar-refractivity contribution < 1.29 is 17.6 Å². The summed E-state index contributed by atoms with van der Waals surface area (Å²) in [7, 11) is 1.57. The molecule has 0 amide bonds. The molecule has 0 radical (unpaired) electrons. The maximum Gasteiger partial charge on any atom is 0.416 e. The average molecular weight is 502 g/mol. The maximum absolute atomic E-state index is 13.2. The molecule has 1 aromatic rings. The average Bonchev–Trinajstić information content (AvgIpc) is 3.03. The van der Waals surface area contributed by atoms with Crippen LogP contribution in [-0.2, 0) is 12.7 Å². The van der Waals surface area contributed by atoms with Crippen LogP contribution < -0.4 is 10.6 Å². The molecule has 0 aliphatic carbocycles. The number of halogens is 5. The molecule has 27 heavy (non-hydrogen) atoms. The topological polar surface area (TPSA) is 39.7 Å². The Hall–Kier alpha value is -1.10. The van der Waals surface area contributed by atoms with Crippen molar-refractivity contribution in [3.05, 3.63) is 35.1 Å². The fourth-order valence-corrected chi connectivity index (χ4v) is 3.21. The Labute approximate surface area is 174 Å². The van der Waals surface area contributed by atoms with Crippen LogP contribution in [0.5, 0.6) is 0 Å². The van der Waals surface area contributed by atoms with Gasteiger partial charge in [-0.25, -0.2) is 4.39 Å². The van der Waals surface area contributed by atoms with Gasteiger partial charge in [0.1, 0.15) is 5.82 Å². The van der Waals surface area contributed by atoms with E-state index in [9.17, 15) is 17.6 Å². The number of hydrogen-bond donors (Lipinski definition) is 2. The van der Waals surface area contributed by atoms with Crippen LogP contribution >= 0.6 is 24.0 Å². The zero-order valence-electron chi connectivity index (χ0n) is 15.6. The molecule has 1 fully saturated rings. The molecule has 0 spiro atoms. The third-order valence-electron chi connectivity index (χ3n) is 4.52. The van der Waals surface area contributed by atoms with Gasteiger partial charge in [0.2, 0.25) is 0 Å². The van der Waals surface area contributed by atoms with Gasteiger partial charge in [0.05, 0.1) is 5.56 Å². The zero-order chi connectivity index (χ0) is 19.2. The molecule has 2 rings (SSSR count). The van der Waals surface area contributed by atoms with Crippen LogP contribution in [0, 0.1) is 11.7 Å². The first-order chi connectivity index (χ1) is 12.3. The second-order valence-corrected chi connectivity index (χ2v) is 6.56. The summed E-state index contributed by atoms with van der Waals surface area (Å²) < 4.78 is 52.3.